The largest absolute Gasteiger partial charge is 0.381 e. The van der Waals surface area contributed by atoms with Crippen molar-refractivity contribution in [3.63, 3.8) is 0 Å². The zero-order valence-electron chi connectivity index (χ0n) is 5.52. The predicted molar refractivity (Wildman–Crippen MR) is 33.0 cm³/mol. The van der Waals surface area contributed by atoms with Crippen molar-refractivity contribution in [3.8, 4) is 0 Å². The first-order valence-corrected chi connectivity index (χ1v) is 3.14. The van der Waals surface area contributed by atoms with Gasteiger partial charge in [-0.2, -0.15) is 0 Å². The van der Waals surface area contributed by atoms with Crippen molar-refractivity contribution < 1.29 is 9.53 Å². The molecule has 1 aliphatic rings. The molecule has 0 saturated carbocycles. The minimum absolute atomic E-state index is 0.104. The summed E-state index contributed by atoms with van der Waals surface area (Å²) < 4.78 is 5.02. The SMILES string of the molecule is CNC(=O)[C@@H]1CCOC1. The summed E-state index contributed by atoms with van der Waals surface area (Å²) in [5.41, 5.74) is 0. The second-order valence-corrected chi connectivity index (χ2v) is 2.17. The number of rotatable bonds is 1. The van der Waals surface area contributed by atoms with E-state index in [1.54, 1.807) is 7.05 Å². The Balaban J connectivity index is 2.32. The third kappa shape index (κ3) is 1.42. The van der Waals surface area contributed by atoms with Crippen LogP contribution in [0.3, 0.4) is 0 Å². The Kier molecular flexibility index (Phi) is 2.05. The number of carbonyl (C=O) groups excluding carboxylic acids is 1. The fourth-order valence-electron chi connectivity index (χ4n) is 0.945. The summed E-state index contributed by atoms with van der Waals surface area (Å²) in [6.07, 6.45) is 0.875. The van der Waals surface area contributed by atoms with Crippen LogP contribution in [0.4, 0.5) is 0 Å². The number of carbonyl (C=O) groups is 1. The van der Waals surface area contributed by atoms with Crippen molar-refractivity contribution in [3.05, 3.63) is 0 Å². The second-order valence-electron chi connectivity index (χ2n) is 2.17. The molecule has 1 aliphatic heterocycles. The third-order valence-corrected chi connectivity index (χ3v) is 1.55. The minimum Gasteiger partial charge on any atom is -0.381 e. The molecule has 1 amide bonds. The zero-order chi connectivity index (χ0) is 6.69. The van der Waals surface area contributed by atoms with E-state index >= 15 is 0 Å². The topological polar surface area (TPSA) is 38.3 Å². The van der Waals surface area contributed by atoms with E-state index in [1.165, 1.54) is 0 Å². The Labute approximate surface area is 54.4 Å². The van der Waals surface area contributed by atoms with Crippen LogP contribution in [0, 0.1) is 5.92 Å². The Morgan fingerprint density at radius 2 is 2.56 bits per heavy atom. The lowest BCUT2D eigenvalue weighted by molar-refractivity contribution is -0.124. The fraction of sp³-hybridized carbons (Fsp3) is 0.833. The van der Waals surface area contributed by atoms with Crippen molar-refractivity contribution in [2.24, 2.45) is 5.92 Å². The van der Waals surface area contributed by atoms with Gasteiger partial charge in [0.25, 0.3) is 0 Å². The van der Waals surface area contributed by atoms with Crippen LogP contribution in [0.15, 0.2) is 0 Å². The van der Waals surface area contributed by atoms with Gasteiger partial charge >= 0.3 is 0 Å². The summed E-state index contributed by atoms with van der Waals surface area (Å²) in [6.45, 7) is 1.33. The smallest absolute Gasteiger partial charge is 0.225 e. The molecule has 0 aliphatic carbocycles. The fourth-order valence-corrected chi connectivity index (χ4v) is 0.945. The number of nitrogens with one attached hydrogen (secondary N) is 1. The van der Waals surface area contributed by atoms with Crippen LogP contribution in [0.2, 0.25) is 0 Å². The van der Waals surface area contributed by atoms with Gasteiger partial charge in [-0.15, -0.1) is 0 Å². The van der Waals surface area contributed by atoms with E-state index in [0.29, 0.717) is 6.61 Å². The molecule has 3 heteroatoms. The summed E-state index contributed by atoms with van der Waals surface area (Å²) >= 11 is 0. The van der Waals surface area contributed by atoms with Gasteiger partial charge in [0, 0.05) is 13.7 Å². The summed E-state index contributed by atoms with van der Waals surface area (Å²) in [7, 11) is 1.65. The highest BCUT2D eigenvalue weighted by Crippen LogP contribution is 2.11. The molecule has 1 heterocycles. The van der Waals surface area contributed by atoms with E-state index in [0.717, 1.165) is 13.0 Å². The van der Waals surface area contributed by atoms with Crippen LogP contribution in [-0.2, 0) is 9.53 Å². The van der Waals surface area contributed by atoms with E-state index < -0.39 is 0 Å². The Morgan fingerprint density at radius 1 is 1.78 bits per heavy atom. The molecule has 0 spiro atoms. The van der Waals surface area contributed by atoms with Gasteiger partial charge in [-0.1, -0.05) is 0 Å². The molecule has 52 valence electrons. The number of amides is 1. The lowest BCUT2D eigenvalue weighted by Gasteiger charge is -2.02. The quantitative estimate of drug-likeness (QED) is 0.531. The number of hydrogen-bond acceptors (Lipinski definition) is 2. The summed E-state index contributed by atoms with van der Waals surface area (Å²) in [5.74, 6) is 0.211. The van der Waals surface area contributed by atoms with Crippen molar-refractivity contribution in [2.75, 3.05) is 20.3 Å². The maximum atomic E-state index is 10.8. The van der Waals surface area contributed by atoms with E-state index in [2.05, 4.69) is 5.32 Å². The molecule has 0 aromatic carbocycles. The van der Waals surface area contributed by atoms with Crippen LogP contribution < -0.4 is 5.32 Å². The molecule has 0 radical (unpaired) electrons. The van der Waals surface area contributed by atoms with Gasteiger partial charge in [0.1, 0.15) is 0 Å². The molecule has 1 N–H and O–H groups in total. The highest BCUT2D eigenvalue weighted by molar-refractivity contribution is 5.78. The standard InChI is InChI=1S/C6H11NO2/c1-7-6(8)5-2-3-9-4-5/h5H,2-4H2,1H3,(H,7,8)/t5-/m1/s1. The van der Waals surface area contributed by atoms with E-state index in [4.69, 9.17) is 4.74 Å². The second kappa shape index (κ2) is 2.82. The number of ether oxygens (including phenoxy) is 1. The van der Waals surface area contributed by atoms with Gasteiger partial charge < -0.3 is 10.1 Å². The van der Waals surface area contributed by atoms with Gasteiger partial charge in [0.05, 0.1) is 12.5 Å². The van der Waals surface area contributed by atoms with E-state index in [9.17, 15) is 4.79 Å². The third-order valence-electron chi connectivity index (χ3n) is 1.55. The normalized spacial score (nSPS) is 26.1. The van der Waals surface area contributed by atoms with Crippen LogP contribution >= 0.6 is 0 Å². The van der Waals surface area contributed by atoms with Gasteiger partial charge in [0.15, 0.2) is 0 Å². The first-order valence-electron chi connectivity index (χ1n) is 3.14. The van der Waals surface area contributed by atoms with Crippen LogP contribution in [-0.4, -0.2) is 26.2 Å². The minimum atomic E-state index is 0.104. The van der Waals surface area contributed by atoms with Crippen molar-refractivity contribution in [1.29, 1.82) is 0 Å². The lowest BCUT2D eigenvalue weighted by atomic mass is 10.1. The molecule has 9 heavy (non-hydrogen) atoms. The van der Waals surface area contributed by atoms with Gasteiger partial charge in [-0.05, 0) is 6.42 Å². The van der Waals surface area contributed by atoms with Crippen molar-refractivity contribution >= 4 is 5.91 Å². The molecule has 0 aromatic heterocycles. The number of hydrogen-bond donors (Lipinski definition) is 1. The summed E-state index contributed by atoms with van der Waals surface area (Å²) in [4.78, 5) is 10.8. The highest BCUT2D eigenvalue weighted by atomic mass is 16.5. The molecule has 1 saturated heterocycles. The summed E-state index contributed by atoms with van der Waals surface area (Å²) in [6, 6.07) is 0. The predicted octanol–water partition coefficient (Wildman–Crippen LogP) is -0.231. The average Bonchev–Trinajstić information content (AvgIpc) is 2.37. The van der Waals surface area contributed by atoms with Gasteiger partial charge in [-0.3, -0.25) is 4.79 Å². The lowest BCUT2D eigenvalue weighted by Crippen LogP contribution is -2.27. The average molecular weight is 129 g/mol. The maximum absolute atomic E-state index is 10.8. The van der Waals surface area contributed by atoms with Crippen molar-refractivity contribution in [1.82, 2.24) is 5.32 Å². The van der Waals surface area contributed by atoms with E-state index in [-0.39, 0.29) is 11.8 Å². The van der Waals surface area contributed by atoms with E-state index in [1.807, 2.05) is 0 Å². The molecule has 1 fully saturated rings. The maximum Gasteiger partial charge on any atom is 0.225 e. The first kappa shape index (κ1) is 6.55. The highest BCUT2D eigenvalue weighted by Gasteiger charge is 2.21. The van der Waals surface area contributed by atoms with Crippen LogP contribution in [0.1, 0.15) is 6.42 Å². The Hall–Kier alpha value is -0.570. The molecule has 1 rings (SSSR count). The molecular formula is C6H11NO2. The summed E-state index contributed by atoms with van der Waals surface area (Å²) in [5, 5.41) is 2.59. The Bertz CT molecular complexity index is 108. The molecule has 1 atom stereocenters. The molecule has 0 aromatic rings. The molecule has 0 bridgehead atoms. The monoisotopic (exact) mass is 129 g/mol. The molecule has 3 nitrogen and oxygen atoms in total. The molecule has 0 unspecified atom stereocenters. The van der Waals surface area contributed by atoms with Crippen LogP contribution in [0.25, 0.3) is 0 Å². The zero-order valence-corrected chi connectivity index (χ0v) is 5.52. The molecular weight excluding hydrogens is 118 g/mol. The Morgan fingerprint density at radius 3 is 3.00 bits per heavy atom. The van der Waals surface area contributed by atoms with Crippen molar-refractivity contribution in [2.45, 2.75) is 6.42 Å². The first-order chi connectivity index (χ1) is 4.34. The van der Waals surface area contributed by atoms with Gasteiger partial charge in [0.2, 0.25) is 5.91 Å². The van der Waals surface area contributed by atoms with Crippen LogP contribution in [0.5, 0.6) is 0 Å². The van der Waals surface area contributed by atoms with Gasteiger partial charge in [-0.25, -0.2) is 0 Å².